The predicted molar refractivity (Wildman–Crippen MR) is 90.6 cm³/mol. The number of benzene rings is 2. The van der Waals surface area contributed by atoms with E-state index in [-0.39, 0.29) is 11.1 Å². The number of primary amides is 1. The van der Waals surface area contributed by atoms with Crippen LogP contribution in [0.1, 0.15) is 44.7 Å². The normalized spacial score (nSPS) is 13.8. The van der Waals surface area contributed by atoms with E-state index in [0.29, 0.717) is 24.7 Å². The lowest BCUT2D eigenvalue weighted by Crippen LogP contribution is -2.26. The highest BCUT2D eigenvalue weighted by Crippen LogP contribution is 2.30. The van der Waals surface area contributed by atoms with Crippen LogP contribution in [0.15, 0.2) is 42.5 Å². The molecule has 0 heterocycles. The van der Waals surface area contributed by atoms with Crippen molar-refractivity contribution in [1.29, 1.82) is 0 Å². The van der Waals surface area contributed by atoms with Crippen molar-refractivity contribution in [3.63, 3.8) is 0 Å². The van der Waals surface area contributed by atoms with Gasteiger partial charge in [-0.3, -0.25) is 9.69 Å². The first-order valence-corrected chi connectivity index (χ1v) is 8.08. The van der Waals surface area contributed by atoms with Gasteiger partial charge in [-0.1, -0.05) is 18.2 Å². The molecule has 0 spiro atoms. The molecule has 0 bridgehead atoms. The molecule has 3 rings (SSSR count). The molecule has 1 aliphatic carbocycles. The second kappa shape index (κ2) is 7.03. The fourth-order valence-electron chi connectivity index (χ4n) is 2.84. The minimum absolute atomic E-state index is 0.147. The molecular weight excluding hydrogens is 323 g/mol. The minimum Gasteiger partial charge on any atom is -0.478 e. The molecule has 1 aliphatic rings. The number of carbonyl (C=O) groups excluding carboxylic acids is 1. The van der Waals surface area contributed by atoms with Gasteiger partial charge in [0.15, 0.2) is 0 Å². The highest BCUT2D eigenvalue weighted by atomic mass is 19.1. The summed E-state index contributed by atoms with van der Waals surface area (Å²) in [7, 11) is 0. The number of carboxylic acid groups (broad SMARTS) is 1. The van der Waals surface area contributed by atoms with Crippen LogP contribution in [-0.2, 0) is 13.1 Å². The molecule has 0 aromatic heterocycles. The molecule has 0 atom stereocenters. The molecule has 1 saturated carbocycles. The van der Waals surface area contributed by atoms with E-state index in [0.717, 1.165) is 24.5 Å². The summed E-state index contributed by atoms with van der Waals surface area (Å²) in [5.41, 5.74) is 6.92. The molecule has 0 radical (unpaired) electrons. The van der Waals surface area contributed by atoms with Crippen LogP contribution in [0.25, 0.3) is 0 Å². The number of hydrogen-bond acceptors (Lipinski definition) is 3. The molecule has 0 unspecified atom stereocenters. The van der Waals surface area contributed by atoms with E-state index < -0.39 is 17.7 Å². The lowest BCUT2D eigenvalue weighted by atomic mass is 10.1. The Labute approximate surface area is 144 Å². The van der Waals surface area contributed by atoms with Crippen molar-refractivity contribution >= 4 is 11.9 Å². The highest BCUT2D eigenvalue weighted by molar-refractivity contribution is 5.92. The predicted octanol–water partition coefficient (Wildman–Crippen LogP) is 2.79. The third kappa shape index (κ3) is 4.22. The van der Waals surface area contributed by atoms with E-state index in [2.05, 4.69) is 4.90 Å². The van der Waals surface area contributed by atoms with Gasteiger partial charge >= 0.3 is 5.97 Å². The van der Waals surface area contributed by atoms with Crippen LogP contribution in [-0.4, -0.2) is 27.9 Å². The number of carboxylic acids is 1. The summed E-state index contributed by atoms with van der Waals surface area (Å²) in [6.07, 6.45) is 2.08. The maximum atomic E-state index is 14.3. The van der Waals surface area contributed by atoms with Gasteiger partial charge in [-0.2, -0.15) is 0 Å². The number of halogens is 1. The zero-order valence-corrected chi connectivity index (χ0v) is 13.6. The second-order valence-corrected chi connectivity index (χ2v) is 6.31. The molecule has 5 nitrogen and oxygen atoms in total. The van der Waals surface area contributed by atoms with Gasteiger partial charge in [-0.05, 0) is 42.7 Å². The molecule has 1 fully saturated rings. The molecular formula is C19H19FN2O3. The lowest BCUT2D eigenvalue weighted by Gasteiger charge is -2.23. The Morgan fingerprint density at radius 3 is 2.48 bits per heavy atom. The minimum atomic E-state index is -0.965. The smallest absolute Gasteiger partial charge is 0.335 e. The van der Waals surface area contributed by atoms with E-state index >= 15 is 0 Å². The number of rotatable bonds is 7. The summed E-state index contributed by atoms with van der Waals surface area (Å²) in [5.74, 6) is -2.08. The summed E-state index contributed by atoms with van der Waals surface area (Å²) in [6.45, 7) is 0.940. The summed E-state index contributed by atoms with van der Waals surface area (Å²) in [4.78, 5) is 24.4. The number of aromatic carboxylic acids is 1. The van der Waals surface area contributed by atoms with Crippen molar-refractivity contribution in [2.75, 3.05) is 0 Å². The average molecular weight is 342 g/mol. The highest BCUT2D eigenvalue weighted by Gasteiger charge is 2.29. The number of nitrogens with zero attached hydrogens (tertiary/aromatic N) is 1. The molecule has 2 aromatic rings. The van der Waals surface area contributed by atoms with Crippen LogP contribution in [0.4, 0.5) is 4.39 Å². The van der Waals surface area contributed by atoms with Crippen molar-refractivity contribution in [2.45, 2.75) is 32.0 Å². The summed E-state index contributed by atoms with van der Waals surface area (Å²) in [5, 5.41) is 9.11. The van der Waals surface area contributed by atoms with Crippen LogP contribution in [0.2, 0.25) is 0 Å². The van der Waals surface area contributed by atoms with Crippen molar-refractivity contribution in [1.82, 2.24) is 4.90 Å². The largest absolute Gasteiger partial charge is 0.478 e. The Hall–Kier alpha value is -2.73. The SMILES string of the molecule is NC(=O)c1ccc(CN(Cc2cccc(C(=O)O)c2)C2CC2)c(F)c1. The van der Waals surface area contributed by atoms with E-state index in [4.69, 9.17) is 10.8 Å². The van der Waals surface area contributed by atoms with Crippen LogP contribution in [0.5, 0.6) is 0 Å². The number of hydrogen-bond donors (Lipinski definition) is 2. The van der Waals surface area contributed by atoms with Crippen molar-refractivity contribution in [2.24, 2.45) is 5.73 Å². The van der Waals surface area contributed by atoms with Gasteiger partial charge in [0.05, 0.1) is 5.56 Å². The molecule has 25 heavy (non-hydrogen) atoms. The zero-order chi connectivity index (χ0) is 18.0. The van der Waals surface area contributed by atoms with Crippen LogP contribution in [0, 0.1) is 5.82 Å². The van der Waals surface area contributed by atoms with E-state index in [1.54, 1.807) is 24.3 Å². The third-order valence-electron chi connectivity index (χ3n) is 4.33. The fourth-order valence-corrected chi connectivity index (χ4v) is 2.84. The molecule has 1 amide bonds. The van der Waals surface area contributed by atoms with Crippen LogP contribution < -0.4 is 5.73 Å². The van der Waals surface area contributed by atoms with Gasteiger partial charge in [0.25, 0.3) is 0 Å². The van der Waals surface area contributed by atoms with Crippen LogP contribution in [0.3, 0.4) is 0 Å². The van der Waals surface area contributed by atoms with Crippen molar-refractivity contribution in [3.05, 3.63) is 70.5 Å². The molecule has 6 heteroatoms. The van der Waals surface area contributed by atoms with Crippen molar-refractivity contribution in [3.8, 4) is 0 Å². The van der Waals surface area contributed by atoms with E-state index in [1.165, 1.54) is 6.07 Å². The molecule has 3 N–H and O–H groups in total. The van der Waals surface area contributed by atoms with E-state index in [1.807, 2.05) is 6.07 Å². The van der Waals surface area contributed by atoms with Crippen molar-refractivity contribution < 1.29 is 19.1 Å². The fraction of sp³-hybridized carbons (Fsp3) is 0.263. The van der Waals surface area contributed by atoms with Gasteiger partial charge in [0, 0.05) is 30.3 Å². The Morgan fingerprint density at radius 1 is 1.12 bits per heavy atom. The Kier molecular flexibility index (Phi) is 4.81. The average Bonchev–Trinajstić information content (AvgIpc) is 3.41. The number of nitrogens with two attached hydrogens (primary N) is 1. The standard InChI is InChI=1S/C19H19FN2O3/c20-17-9-13(18(21)23)4-5-15(17)11-22(16-6-7-16)10-12-2-1-3-14(8-12)19(24)25/h1-5,8-9,16H,6-7,10-11H2,(H2,21,23)(H,24,25). The maximum absolute atomic E-state index is 14.3. The maximum Gasteiger partial charge on any atom is 0.335 e. The second-order valence-electron chi connectivity index (χ2n) is 6.31. The first-order valence-electron chi connectivity index (χ1n) is 8.08. The molecule has 0 saturated heterocycles. The molecule has 2 aromatic carbocycles. The van der Waals surface area contributed by atoms with Crippen LogP contribution >= 0.6 is 0 Å². The zero-order valence-electron chi connectivity index (χ0n) is 13.6. The monoisotopic (exact) mass is 342 g/mol. The number of amides is 1. The third-order valence-corrected chi connectivity index (χ3v) is 4.33. The van der Waals surface area contributed by atoms with Gasteiger partial charge < -0.3 is 10.8 Å². The Bertz CT molecular complexity index is 818. The summed E-state index contributed by atoms with van der Waals surface area (Å²) >= 11 is 0. The van der Waals surface area contributed by atoms with Gasteiger partial charge in [0.2, 0.25) is 5.91 Å². The summed E-state index contributed by atoms with van der Waals surface area (Å²) in [6, 6.07) is 11.4. The lowest BCUT2D eigenvalue weighted by molar-refractivity contribution is 0.0696. The van der Waals surface area contributed by atoms with Gasteiger partial charge in [0.1, 0.15) is 5.82 Å². The quantitative estimate of drug-likeness (QED) is 0.810. The molecule has 130 valence electrons. The first-order chi connectivity index (χ1) is 11.9. The number of carbonyl (C=O) groups is 2. The Balaban J connectivity index is 1.77. The van der Waals surface area contributed by atoms with Gasteiger partial charge in [-0.15, -0.1) is 0 Å². The van der Waals surface area contributed by atoms with E-state index in [9.17, 15) is 14.0 Å². The first kappa shape index (κ1) is 17.1. The molecule has 0 aliphatic heterocycles. The Morgan fingerprint density at radius 2 is 1.88 bits per heavy atom. The topological polar surface area (TPSA) is 83.6 Å². The summed E-state index contributed by atoms with van der Waals surface area (Å²) < 4.78 is 14.3. The van der Waals surface area contributed by atoms with Gasteiger partial charge in [-0.25, -0.2) is 9.18 Å².